The molecule has 4 nitrogen and oxygen atoms in total. The van der Waals surface area contributed by atoms with E-state index in [9.17, 15) is 4.79 Å². The van der Waals surface area contributed by atoms with E-state index in [1.54, 1.807) is 12.0 Å². The number of para-hydroxylation sites is 1. The van der Waals surface area contributed by atoms with Crippen molar-refractivity contribution in [3.05, 3.63) is 87.9 Å². The molecule has 0 radical (unpaired) electrons. The lowest BCUT2D eigenvalue weighted by atomic mass is 10.0. The highest BCUT2D eigenvalue weighted by Gasteiger charge is 2.35. The minimum absolute atomic E-state index is 0.0415. The van der Waals surface area contributed by atoms with E-state index in [0.717, 1.165) is 32.7 Å². The average Bonchev–Trinajstić information content (AvgIpc) is 2.69. The number of fused-ring (bicyclic) bond motifs is 1. The highest BCUT2D eigenvalue weighted by Crippen LogP contribution is 2.40. The predicted octanol–water partition coefficient (Wildman–Crippen LogP) is 5.54. The molecule has 4 rings (SSSR count). The van der Waals surface area contributed by atoms with Crippen LogP contribution in [0.4, 0.5) is 11.4 Å². The summed E-state index contributed by atoms with van der Waals surface area (Å²) in [5.74, 6) is 0.681. The number of ether oxygens (including phenoxy) is 1. The third-order valence-electron chi connectivity index (χ3n) is 4.73. The summed E-state index contributed by atoms with van der Waals surface area (Å²) in [7, 11) is 1.64. The zero-order valence-electron chi connectivity index (χ0n) is 15.1. The molecule has 1 aliphatic heterocycles. The molecule has 136 valence electrons. The molecule has 0 fully saturated rings. The first-order valence-corrected chi connectivity index (χ1v) is 9.47. The van der Waals surface area contributed by atoms with E-state index < -0.39 is 0 Å². The molecule has 3 aromatic rings. The van der Waals surface area contributed by atoms with Gasteiger partial charge in [-0.1, -0.05) is 45.8 Å². The zero-order valence-corrected chi connectivity index (χ0v) is 16.7. The third-order valence-corrected chi connectivity index (χ3v) is 5.22. The van der Waals surface area contributed by atoms with Crippen LogP contribution in [-0.2, 0) is 0 Å². The average molecular weight is 423 g/mol. The normalized spacial score (nSPS) is 15.9. The van der Waals surface area contributed by atoms with Crippen LogP contribution in [0.2, 0.25) is 0 Å². The predicted molar refractivity (Wildman–Crippen MR) is 111 cm³/mol. The third kappa shape index (κ3) is 3.19. The number of methoxy groups -OCH3 is 1. The summed E-state index contributed by atoms with van der Waals surface area (Å²) in [6, 6.07) is 21.4. The molecule has 1 amide bonds. The first-order chi connectivity index (χ1) is 13.1. The number of rotatable bonds is 3. The zero-order chi connectivity index (χ0) is 19.0. The fourth-order valence-corrected chi connectivity index (χ4v) is 3.74. The lowest BCUT2D eigenvalue weighted by molar-refractivity contribution is 0.0974. The van der Waals surface area contributed by atoms with Crippen molar-refractivity contribution in [1.82, 2.24) is 0 Å². The van der Waals surface area contributed by atoms with Crippen molar-refractivity contribution in [2.45, 2.75) is 13.1 Å². The van der Waals surface area contributed by atoms with E-state index in [1.807, 2.05) is 73.7 Å². The van der Waals surface area contributed by atoms with Gasteiger partial charge in [0.2, 0.25) is 0 Å². The van der Waals surface area contributed by atoms with Gasteiger partial charge < -0.3 is 10.1 Å². The maximum absolute atomic E-state index is 13.4. The van der Waals surface area contributed by atoms with Crippen molar-refractivity contribution in [3.8, 4) is 5.75 Å². The second-order valence-corrected chi connectivity index (χ2v) is 7.41. The number of carbonyl (C=O) groups excluding carboxylic acids is 1. The molecule has 3 aromatic carbocycles. The van der Waals surface area contributed by atoms with Gasteiger partial charge in [-0.15, -0.1) is 0 Å². The molecule has 1 heterocycles. The molecule has 27 heavy (non-hydrogen) atoms. The highest BCUT2D eigenvalue weighted by atomic mass is 79.9. The van der Waals surface area contributed by atoms with Crippen molar-refractivity contribution in [2.24, 2.45) is 0 Å². The van der Waals surface area contributed by atoms with Gasteiger partial charge in [0.1, 0.15) is 11.9 Å². The number of carbonyl (C=O) groups is 1. The van der Waals surface area contributed by atoms with Gasteiger partial charge in [0.15, 0.2) is 0 Å². The van der Waals surface area contributed by atoms with E-state index in [-0.39, 0.29) is 12.1 Å². The number of nitrogens with zero attached hydrogens (tertiary/aromatic N) is 1. The number of amides is 1. The molecule has 0 unspecified atom stereocenters. The fourth-order valence-electron chi connectivity index (χ4n) is 3.36. The van der Waals surface area contributed by atoms with Crippen molar-refractivity contribution >= 4 is 33.2 Å². The van der Waals surface area contributed by atoms with E-state index in [2.05, 4.69) is 21.2 Å². The molecule has 0 spiro atoms. The van der Waals surface area contributed by atoms with Crippen LogP contribution in [-0.4, -0.2) is 13.0 Å². The highest BCUT2D eigenvalue weighted by molar-refractivity contribution is 9.10. The van der Waals surface area contributed by atoms with Crippen LogP contribution >= 0.6 is 15.9 Å². The Morgan fingerprint density at radius 3 is 2.52 bits per heavy atom. The van der Waals surface area contributed by atoms with Crippen LogP contribution in [0.15, 0.2) is 71.2 Å². The smallest absolute Gasteiger partial charge is 0.262 e. The second-order valence-electron chi connectivity index (χ2n) is 6.49. The minimum Gasteiger partial charge on any atom is -0.496 e. The molecule has 1 N–H and O–H groups in total. The lowest BCUT2D eigenvalue weighted by Crippen LogP contribution is -2.43. The maximum atomic E-state index is 13.4. The van der Waals surface area contributed by atoms with E-state index >= 15 is 0 Å². The quantitative estimate of drug-likeness (QED) is 0.602. The minimum atomic E-state index is -0.387. The Morgan fingerprint density at radius 1 is 1.04 bits per heavy atom. The Labute approximate surface area is 166 Å². The van der Waals surface area contributed by atoms with Gasteiger partial charge in [-0.25, -0.2) is 0 Å². The summed E-state index contributed by atoms with van der Waals surface area (Å²) in [6.45, 7) is 2.03. The van der Waals surface area contributed by atoms with Crippen LogP contribution in [0.1, 0.15) is 27.7 Å². The van der Waals surface area contributed by atoms with Gasteiger partial charge in [-0.2, -0.15) is 0 Å². The van der Waals surface area contributed by atoms with Crippen molar-refractivity contribution in [1.29, 1.82) is 0 Å². The molecule has 0 bridgehead atoms. The molecule has 1 aliphatic rings. The van der Waals surface area contributed by atoms with Crippen LogP contribution in [0, 0.1) is 6.92 Å². The monoisotopic (exact) mass is 422 g/mol. The molecule has 0 saturated carbocycles. The summed E-state index contributed by atoms with van der Waals surface area (Å²) in [4.78, 5) is 15.2. The van der Waals surface area contributed by atoms with Gasteiger partial charge in [0.25, 0.3) is 5.91 Å². The topological polar surface area (TPSA) is 41.6 Å². The largest absolute Gasteiger partial charge is 0.496 e. The van der Waals surface area contributed by atoms with E-state index in [1.165, 1.54) is 0 Å². The molecule has 0 aliphatic carbocycles. The van der Waals surface area contributed by atoms with Crippen LogP contribution in [0.3, 0.4) is 0 Å². The van der Waals surface area contributed by atoms with Crippen LogP contribution in [0.25, 0.3) is 0 Å². The number of anilines is 2. The van der Waals surface area contributed by atoms with E-state index in [0.29, 0.717) is 5.56 Å². The van der Waals surface area contributed by atoms with Gasteiger partial charge >= 0.3 is 0 Å². The van der Waals surface area contributed by atoms with Crippen LogP contribution < -0.4 is 15.0 Å². The van der Waals surface area contributed by atoms with Crippen molar-refractivity contribution < 1.29 is 9.53 Å². The number of halogens is 1. The van der Waals surface area contributed by atoms with Gasteiger partial charge in [0.05, 0.1) is 12.7 Å². The van der Waals surface area contributed by atoms with E-state index in [4.69, 9.17) is 4.74 Å². The Morgan fingerprint density at radius 2 is 1.78 bits per heavy atom. The number of hydrogen-bond donors (Lipinski definition) is 1. The molecule has 0 aromatic heterocycles. The summed E-state index contributed by atoms with van der Waals surface area (Å²) in [5, 5.41) is 3.51. The van der Waals surface area contributed by atoms with Crippen molar-refractivity contribution in [2.75, 3.05) is 17.3 Å². The Balaban J connectivity index is 1.90. The standard InChI is InChI=1S/C22H19BrN2O2/c1-14-7-10-16(11-8-14)25-21(18-13-15(23)9-12-20(18)27-2)24-19-6-4-3-5-17(19)22(25)26/h3-13,21,24H,1-2H3/t21-/m0/s1. The SMILES string of the molecule is COc1ccc(Br)cc1[C@H]1Nc2ccccc2C(=O)N1c1ccc(C)cc1. The first-order valence-electron chi connectivity index (χ1n) is 8.67. The lowest BCUT2D eigenvalue weighted by Gasteiger charge is -2.38. The first kappa shape index (κ1) is 17.6. The number of nitrogens with one attached hydrogen (secondary N) is 1. The van der Waals surface area contributed by atoms with Crippen LogP contribution in [0.5, 0.6) is 5.75 Å². The molecular weight excluding hydrogens is 404 g/mol. The number of aryl methyl sites for hydroxylation is 1. The molecular formula is C22H19BrN2O2. The maximum Gasteiger partial charge on any atom is 0.262 e. The number of hydrogen-bond acceptors (Lipinski definition) is 3. The number of benzene rings is 3. The van der Waals surface area contributed by atoms with Gasteiger partial charge in [-0.3, -0.25) is 9.69 Å². The Bertz CT molecular complexity index is 1000. The molecule has 5 heteroatoms. The summed E-state index contributed by atoms with van der Waals surface area (Å²) < 4.78 is 6.51. The Kier molecular flexibility index (Phi) is 4.62. The summed E-state index contributed by atoms with van der Waals surface area (Å²) in [5.41, 5.74) is 4.34. The second kappa shape index (κ2) is 7.08. The van der Waals surface area contributed by atoms with Gasteiger partial charge in [0, 0.05) is 21.4 Å². The summed E-state index contributed by atoms with van der Waals surface area (Å²) >= 11 is 3.54. The molecule has 0 saturated heterocycles. The van der Waals surface area contributed by atoms with Crippen molar-refractivity contribution in [3.63, 3.8) is 0 Å². The van der Waals surface area contributed by atoms with Gasteiger partial charge in [-0.05, 0) is 49.4 Å². The fraction of sp³-hybridized carbons (Fsp3) is 0.136. The molecule has 1 atom stereocenters. The summed E-state index contributed by atoms with van der Waals surface area (Å²) in [6.07, 6.45) is -0.387. The Hall–Kier alpha value is -2.79.